The van der Waals surface area contributed by atoms with Crippen molar-refractivity contribution in [2.24, 2.45) is 5.92 Å². The number of hydrogen-bond donors (Lipinski definition) is 3. The van der Waals surface area contributed by atoms with Crippen molar-refractivity contribution in [3.8, 4) is 28.7 Å². The van der Waals surface area contributed by atoms with E-state index in [2.05, 4.69) is 20.9 Å². The van der Waals surface area contributed by atoms with Crippen molar-refractivity contribution < 1.29 is 32.9 Å². The zero-order valence-corrected chi connectivity index (χ0v) is 27.1. The summed E-state index contributed by atoms with van der Waals surface area (Å²) in [6.45, 7) is 5.31. The number of carbonyl (C=O) groups is 2. The van der Waals surface area contributed by atoms with Gasteiger partial charge in [0, 0.05) is 29.9 Å². The molecule has 5 rings (SSSR count). The van der Waals surface area contributed by atoms with Crippen molar-refractivity contribution in [2.75, 3.05) is 45.3 Å². The fourth-order valence-electron chi connectivity index (χ4n) is 5.20. The highest BCUT2D eigenvalue weighted by molar-refractivity contribution is 6.39. The first-order chi connectivity index (χ1) is 22.9. The van der Waals surface area contributed by atoms with Crippen LogP contribution in [0.3, 0.4) is 0 Å². The van der Waals surface area contributed by atoms with Gasteiger partial charge < -0.3 is 34.9 Å². The molecular weight excluding hydrogens is 627 g/mol. The van der Waals surface area contributed by atoms with E-state index in [1.165, 1.54) is 12.1 Å². The van der Waals surface area contributed by atoms with Crippen molar-refractivity contribution in [2.45, 2.75) is 32.6 Å². The number of aromatic nitrogens is 1. The summed E-state index contributed by atoms with van der Waals surface area (Å²) in [5.74, 6) is -0.115. The van der Waals surface area contributed by atoms with Crippen LogP contribution in [0.5, 0.6) is 28.7 Å². The van der Waals surface area contributed by atoms with Crippen LogP contribution in [0.25, 0.3) is 10.9 Å². The van der Waals surface area contributed by atoms with Crippen LogP contribution in [-0.4, -0.2) is 56.8 Å². The average molecular weight is 665 g/mol. The standard InChI is InChI=1S/C35H38ClFN4O6/c1-3-18-45-29-7-4-22(19-26(29)36)12-16-40-34(42)35(43)41-24-5-8-30(27(37)20-24)47-28-13-17-39-32-25(28)6-9-31(33(32)44-2)46-21-23-10-14-38-15-11-23/h4-9,13,17,19-20,23,38H,3,10-12,14-16,18,21H2,1-2H3,(H,40,42)(H,41,43). The Labute approximate surface area is 277 Å². The van der Waals surface area contributed by atoms with E-state index in [0.717, 1.165) is 44.0 Å². The predicted octanol–water partition coefficient (Wildman–Crippen LogP) is 6.29. The lowest BCUT2D eigenvalue weighted by Gasteiger charge is -2.23. The number of piperidine rings is 1. The molecule has 12 heteroatoms. The molecule has 248 valence electrons. The number of halogens is 2. The van der Waals surface area contributed by atoms with E-state index in [1.807, 2.05) is 13.0 Å². The fourth-order valence-corrected chi connectivity index (χ4v) is 5.46. The van der Waals surface area contributed by atoms with Crippen LogP contribution in [-0.2, 0) is 16.0 Å². The summed E-state index contributed by atoms with van der Waals surface area (Å²) in [5, 5.41) is 9.42. The lowest BCUT2D eigenvalue weighted by atomic mass is 9.99. The summed E-state index contributed by atoms with van der Waals surface area (Å²) in [7, 11) is 1.55. The van der Waals surface area contributed by atoms with E-state index in [9.17, 15) is 9.59 Å². The number of nitrogens with zero attached hydrogens (tertiary/aromatic N) is 1. The van der Waals surface area contributed by atoms with Gasteiger partial charge in [-0.1, -0.05) is 24.6 Å². The molecule has 3 aromatic carbocycles. The molecule has 1 saturated heterocycles. The maximum absolute atomic E-state index is 15.1. The van der Waals surface area contributed by atoms with Gasteiger partial charge in [0.1, 0.15) is 17.0 Å². The number of fused-ring (bicyclic) bond motifs is 1. The molecule has 47 heavy (non-hydrogen) atoms. The number of nitrogens with one attached hydrogen (secondary N) is 3. The summed E-state index contributed by atoms with van der Waals surface area (Å²) in [6, 6.07) is 14.5. The summed E-state index contributed by atoms with van der Waals surface area (Å²) in [5.41, 5.74) is 1.49. The molecule has 0 radical (unpaired) electrons. The zero-order chi connectivity index (χ0) is 33.2. The number of pyridine rings is 1. The van der Waals surface area contributed by atoms with Crippen LogP contribution in [0.15, 0.2) is 60.8 Å². The molecule has 0 saturated carbocycles. The Morgan fingerprint density at radius 3 is 2.51 bits per heavy atom. The lowest BCUT2D eigenvalue weighted by molar-refractivity contribution is -0.136. The molecule has 0 unspecified atom stereocenters. The van der Waals surface area contributed by atoms with E-state index in [1.54, 1.807) is 43.6 Å². The molecule has 10 nitrogen and oxygen atoms in total. The van der Waals surface area contributed by atoms with Gasteiger partial charge in [0.05, 0.1) is 25.3 Å². The third-order valence-electron chi connectivity index (χ3n) is 7.70. The summed E-state index contributed by atoms with van der Waals surface area (Å²) in [6.07, 6.45) is 4.97. The van der Waals surface area contributed by atoms with Crippen molar-refractivity contribution in [1.29, 1.82) is 0 Å². The highest BCUT2D eigenvalue weighted by atomic mass is 35.5. The largest absolute Gasteiger partial charge is 0.492 e. The first-order valence-corrected chi connectivity index (χ1v) is 16.0. The van der Waals surface area contributed by atoms with Crippen molar-refractivity contribution in [3.05, 3.63) is 77.2 Å². The normalized spacial score (nSPS) is 13.2. The number of anilines is 1. The molecule has 4 aromatic rings. The minimum Gasteiger partial charge on any atom is -0.492 e. The average Bonchev–Trinajstić information content (AvgIpc) is 3.08. The topological polar surface area (TPSA) is 120 Å². The molecule has 0 bridgehead atoms. The van der Waals surface area contributed by atoms with Gasteiger partial charge in [-0.2, -0.15) is 0 Å². The van der Waals surface area contributed by atoms with E-state index in [4.69, 9.17) is 30.5 Å². The minimum absolute atomic E-state index is 0.0741. The van der Waals surface area contributed by atoms with Gasteiger partial charge in [0.15, 0.2) is 23.1 Å². The fraction of sp³-hybridized carbons (Fsp3) is 0.343. The van der Waals surface area contributed by atoms with E-state index in [-0.39, 0.29) is 18.0 Å². The van der Waals surface area contributed by atoms with Crippen molar-refractivity contribution in [1.82, 2.24) is 15.6 Å². The molecule has 0 spiro atoms. The Balaban J connectivity index is 1.17. The van der Waals surface area contributed by atoms with Gasteiger partial charge in [0.2, 0.25) is 0 Å². The van der Waals surface area contributed by atoms with Gasteiger partial charge in [-0.3, -0.25) is 14.6 Å². The molecule has 2 heterocycles. The first kappa shape index (κ1) is 33.7. The number of ether oxygens (including phenoxy) is 4. The SMILES string of the molecule is CCCOc1ccc(CCNC(=O)C(=O)Nc2ccc(Oc3ccnc4c(OC)c(OCC5CCNCC5)ccc34)c(F)c2)cc1Cl. The molecule has 1 aliphatic rings. The summed E-state index contributed by atoms with van der Waals surface area (Å²) >= 11 is 6.26. The highest BCUT2D eigenvalue weighted by Gasteiger charge is 2.19. The molecule has 0 aliphatic carbocycles. The van der Waals surface area contributed by atoms with Crippen LogP contribution >= 0.6 is 11.6 Å². The molecule has 1 fully saturated rings. The molecule has 0 atom stereocenters. The monoisotopic (exact) mass is 664 g/mol. The van der Waals surface area contributed by atoms with Crippen molar-refractivity contribution >= 4 is 40.0 Å². The van der Waals surface area contributed by atoms with Crippen LogP contribution in [0.1, 0.15) is 31.7 Å². The molecule has 1 aromatic heterocycles. The van der Waals surface area contributed by atoms with Crippen LogP contribution in [0.2, 0.25) is 5.02 Å². The maximum atomic E-state index is 15.1. The second kappa shape index (κ2) is 16.3. The van der Waals surface area contributed by atoms with Gasteiger partial charge >= 0.3 is 11.8 Å². The van der Waals surface area contributed by atoms with Gasteiger partial charge in [-0.25, -0.2) is 4.39 Å². The molecule has 3 N–H and O–H groups in total. The lowest BCUT2D eigenvalue weighted by Crippen LogP contribution is -2.36. The summed E-state index contributed by atoms with van der Waals surface area (Å²) < 4.78 is 38.4. The van der Waals surface area contributed by atoms with Gasteiger partial charge in [0.25, 0.3) is 0 Å². The first-order valence-electron chi connectivity index (χ1n) is 15.6. The quantitative estimate of drug-likeness (QED) is 0.143. The van der Waals surface area contributed by atoms with Crippen LogP contribution in [0, 0.1) is 11.7 Å². The summed E-state index contributed by atoms with van der Waals surface area (Å²) in [4.78, 5) is 29.3. The smallest absolute Gasteiger partial charge is 0.313 e. The van der Waals surface area contributed by atoms with E-state index in [0.29, 0.717) is 64.5 Å². The number of methoxy groups -OCH3 is 1. The zero-order valence-electron chi connectivity index (χ0n) is 26.4. The third-order valence-corrected chi connectivity index (χ3v) is 8.00. The second-order valence-corrected chi connectivity index (χ2v) is 11.5. The molecular formula is C35H38ClFN4O6. The number of amides is 2. The maximum Gasteiger partial charge on any atom is 0.313 e. The Kier molecular flexibility index (Phi) is 11.7. The second-order valence-electron chi connectivity index (χ2n) is 11.1. The number of hydrogen-bond acceptors (Lipinski definition) is 8. The Morgan fingerprint density at radius 1 is 0.979 bits per heavy atom. The van der Waals surface area contributed by atoms with E-state index < -0.39 is 17.6 Å². The van der Waals surface area contributed by atoms with Gasteiger partial charge in [-0.05, 0) is 92.7 Å². The minimum atomic E-state index is -0.926. The number of carbonyl (C=O) groups excluding carboxylic acids is 2. The van der Waals surface area contributed by atoms with E-state index >= 15 is 4.39 Å². The predicted molar refractivity (Wildman–Crippen MR) is 178 cm³/mol. The van der Waals surface area contributed by atoms with Crippen LogP contribution < -0.4 is 34.9 Å². The third kappa shape index (κ3) is 8.81. The Bertz CT molecular complexity index is 1720. The van der Waals surface area contributed by atoms with Crippen LogP contribution in [0.4, 0.5) is 10.1 Å². The Morgan fingerprint density at radius 2 is 1.77 bits per heavy atom. The number of rotatable bonds is 13. The highest BCUT2D eigenvalue weighted by Crippen LogP contribution is 2.40. The molecule has 1 aliphatic heterocycles. The van der Waals surface area contributed by atoms with Gasteiger partial charge in [-0.15, -0.1) is 0 Å². The number of benzene rings is 3. The van der Waals surface area contributed by atoms with Crippen molar-refractivity contribution in [3.63, 3.8) is 0 Å². The Hall–Kier alpha value is -4.61. The molecule has 2 amide bonds.